The Kier molecular flexibility index (Phi) is 2.94. The van der Waals surface area contributed by atoms with E-state index in [0.717, 1.165) is 10.7 Å². The van der Waals surface area contributed by atoms with Gasteiger partial charge in [-0.25, -0.2) is 9.37 Å². The van der Waals surface area contributed by atoms with Crippen molar-refractivity contribution in [1.82, 2.24) is 4.98 Å². The van der Waals surface area contributed by atoms with Crippen molar-refractivity contribution >= 4 is 22.2 Å². The molecular formula is C10H10FN3S. The molecule has 0 aliphatic rings. The Labute approximate surface area is 90.8 Å². The first-order chi connectivity index (χ1) is 7.29. The third-order valence-electron chi connectivity index (χ3n) is 1.97. The summed E-state index contributed by atoms with van der Waals surface area (Å²) in [5, 5.41) is 5.61. The lowest BCUT2D eigenvalue weighted by molar-refractivity contribution is 0.627. The van der Waals surface area contributed by atoms with Crippen LogP contribution in [0.25, 0.3) is 0 Å². The molecule has 2 rings (SSSR count). The van der Waals surface area contributed by atoms with Crippen LogP contribution in [0.5, 0.6) is 0 Å². The second kappa shape index (κ2) is 4.37. The van der Waals surface area contributed by atoms with Gasteiger partial charge in [-0.05, 0) is 17.7 Å². The SMILES string of the molecule is NCc1ccc(F)cc1Nc1nccs1. The molecule has 0 amide bonds. The molecule has 15 heavy (non-hydrogen) atoms. The van der Waals surface area contributed by atoms with Gasteiger partial charge < -0.3 is 11.1 Å². The van der Waals surface area contributed by atoms with Crippen LogP contribution in [-0.4, -0.2) is 4.98 Å². The Balaban J connectivity index is 2.30. The zero-order valence-electron chi connectivity index (χ0n) is 7.90. The second-order valence-corrected chi connectivity index (χ2v) is 3.86. The molecule has 0 saturated heterocycles. The Bertz CT molecular complexity index is 442. The van der Waals surface area contributed by atoms with Crippen LogP contribution in [0.3, 0.4) is 0 Å². The van der Waals surface area contributed by atoms with E-state index in [2.05, 4.69) is 10.3 Å². The number of thiazole rings is 1. The molecule has 0 spiro atoms. The highest BCUT2D eigenvalue weighted by atomic mass is 32.1. The largest absolute Gasteiger partial charge is 0.331 e. The van der Waals surface area contributed by atoms with Gasteiger partial charge in [0, 0.05) is 23.8 Å². The molecule has 1 aromatic carbocycles. The number of benzene rings is 1. The summed E-state index contributed by atoms with van der Waals surface area (Å²) >= 11 is 1.46. The standard InChI is InChI=1S/C10H10FN3S/c11-8-2-1-7(6-12)9(5-8)14-10-13-3-4-15-10/h1-5H,6,12H2,(H,13,14). The minimum absolute atomic E-state index is 0.286. The van der Waals surface area contributed by atoms with E-state index in [1.807, 2.05) is 5.38 Å². The molecule has 0 aliphatic carbocycles. The minimum atomic E-state index is -0.286. The topological polar surface area (TPSA) is 50.9 Å². The molecule has 3 nitrogen and oxygen atoms in total. The molecule has 2 aromatic rings. The number of nitrogens with two attached hydrogens (primary N) is 1. The summed E-state index contributed by atoms with van der Waals surface area (Å²) < 4.78 is 13.0. The van der Waals surface area contributed by atoms with Crippen molar-refractivity contribution in [2.24, 2.45) is 5.73 Å². The second-order valence-electron chi connectivity index (χ2n) is 2.97. The predicted octanol–water partition coefficient (Wildman–Crippen LogP) is 2.48. The van der Waals surface area contributed by atoms with Crippen molar-refractivity contribution in [2.75, 3.05) is 5.32 Å². The molecule has 0 aliphatic heterocycles. The molecule has 0 atom stereocenters. The third-order valence-corrected chi connectivity index (χ3v) is 2.65. The van der Waals surface area contributed by atoms with Crippen molar-refractivity contribution in [1.29, 1.82) is 0 Å². The van der Waals surface area contributed by atoms with Gasteiger partial charge >= 0.3 is 0 Å². The first-order valence-corrected chi connectivity index (χ1v) is 5.32. The van der Waals surface area contributed by atoms with Crippen LogP contribution >= 0.6 is 11.3 Å². The van der Waals surface area contributed by atoms with Crippen LogP contribution in [0.15, 0.2) is 29.8 Å². The van der Waals surface area contributed by atoms with Gasteiger partial charge in [0.1, 0.15) is 5.82 Å². The Morgan fingerprint density at radius 2 is 2.33 bits per heavy atom. The van der Waals surface area contributed by atoms with Gasteiger partial charge in [0.15, 0.2) is 5.13 Å². The van der Waals surface area contributed by atoms with E-state index in [1.54, 1.807) is 12.3 Å². The molecule has 5 heteroatoms. The van der Waals surface area contributed by atoms with Crippen LogP contribution in [-0.2, 0) is 6.54 Å². The van der Waals surface area contributed by atoms with Crippen LogP contribution in [0.2, 0.25) is 0 Å². The van der Waals surface area contributed by atoms with E-state index in [4.69, 9.17) is 5.73 Å². The van der Waals surface area contributed by atoms with Gasteiger partial charge in [0.05, 0.1) is 0 Å². The third kappa shape index (κ3) is 2.31. The summed E-state index contributed by atoms with van der Waals surface area (Å²) in [6.07, 6.45) is 1.69. The van der Waals surface area contributed by atoms with Crippen LogP contribution in [0.1, 0.15) is 5.56 Å². The van der Waals surface area contributed by atoms with Crippen molar-refractivity contribution in [2.45, 2.75) is 6.54 Å². The van der Waals surface area contributed by atoms with E-state index in [-0.39, 0.29) is 5.82 Å². The highest BCUT2D eigenvalue weighted by Crippen LogP contribution is 2.22. The lowest BCUT2D eigenvalue weighted by Crippen LogP contribution is -2.02. The molecule has 3 N–H and O–H groups in total. The van der Waals surface area contributed by atoms with Gasteiger partial charge in [-0.1, -0.05) is 6.07 Å². The quantitative estimate of drug-likeness (QED) is 0.840. The number of nitrogens with one attached hydrogen (secondary N) is 1. The van der Waals surface area contributed by atoms with Crippen molar-refractivity contribution in [3.63, 3.8) is 0 Å². The van der Waals surface area contributed by atoms with Gasteiger partial charge in [0.25, 0.3) is 0 Å². The lowest BCUT2D eigenvalue weighted by atomic mass is 10.2. The number of hydrogen-bond acceptors (Lipinski definition) is 4. The molecule has 0 saturated carbocycles. The Morgan fingerprint density at radius 1 is 1.47 bits per heavy atom. The maximum Gasteiger partial charge on any atom is 0.187 e. The zero-order chi connectivity index (χ0) is 10.7. The van der Waals surface area contributed by atoms with Gasteiger partial charge in [-0.2, -0.15) is 0 Å². The first-order valence-electron chi connectivity index (χ1n) is 4.44. The van der Waals surface area contributed by atoms with E-state index < -0.39 is 0 Å². The molecular weight excluding hydrogens is 213 g/mol. The summed E-state index contributed by atoms with van der Waals surface area (Å²) in [6, 6.07) is 4.49. The summed E-state index contributed by atoms with van der Waals surface area (Å²) in [5.74, 6) is -0.286. The predicted molar refractivity (Wildman–Crippen MR) is 59.7 cm³/mol. The maximum atomic E-state index is 13.0. The van der Waals surface area contributed by atoms with Crippen molar-refractivity contribution < 1.29 is 4.39 Å². The molecule has 0 fully saturated rings. The van der Waals surface area contributed by atoms with Gasteiger partial charge in [0.2, 0.25) is 0 Å². The van der Waals surface area contributed by atoms with Crippen LogP contribution in [0, 0.1) is 5.82 Å². The number of anilines is 2. The number of halogens is 1. The fraction of sp³-hybridized carbons (Fsp3) is 0.100. The number of nitrogens with zero attached hydrogens (tertiary/aromatic N) is 1. The summed E-state index contributed by atoms with van der Waals surface area (Å²) in [4.78, 5) is 4.06. The number of aromatic nitrogens is 1. The smallest absolute Gasteiger partial charge is 0.187 e. The molecule has 1 aromatic heterocycles. The number of rotatable bonds is 3. The molecule has 0 bridgehead atoms. The average molecular weight is 223 g/mol. The van der Waals surface area contributed by atoms with E-state index in [1.165, 1.54) is 23.5 Å². The van der Waals surface area contributed by atoms with Gasteiger partial charge in [-0.15, -0.1) is 11.3 Å². The van der Waals surface area contributed by atoms with E-state index in [0.29, 0.717) is 12.2 Å². The molecule has 0 unspecified atom stereocenters. The number of hydrogen-bond donors (Lipinski definition) is 2. The van der Waals surface area contributed by atoms with E-state index in [9.17, 15) is 4.39 Å². The summed E-state index contributed by atoms with van der Waals surface area (Å²) in [5.41, 5.74) is 7.09. The van der Waals surface area contributed by atoms with Crippen molar-refractivity contribution in [3.8, 4) is 0 Å². The monoisotopic (exact) mass is 223 g/mol. The average Bonchev–Trinajstić information content (AvgIpc) is 2.71. The normalized spacial score (nSPS) is 10.3. The fourth-order valence-electron chi connectivity index (χ4n) is 1.24. The first kappa shape index (κ1) is 10.1. The van der Waals surface area contributed by atoms with Crippen LogP contribution in [0.4, 0.5) is 15.2 Å². The highest BCUT2D eigenvalue weighted by Gasteiger charge is 2.04. The highest BCUT2D eigenvalue weighted by molar-refractivity contribution is 7.13. The Morgan fingerprint density at radius 3 is 3.00 bits per heavy atom. The fourth-order valence-corrected chi connectivity index (χ4v) is 1.78. The zero-order valence-corrected chi connectivity index (χ0v) is 8.72. The Hall–Kier alpha value is -1.46. The minimum Gasteiger partial charge on any atom is -0.331 e. The van der Waals surface area contributed by atoms with Crippen molar-refractivity contribution in [3.05, 3.63) is 41.2 Å². The maximum absolute atomic E-state index is 13.0. The lowest BCUT2D eigenvalue weighted by Gasteiger charge is -2.08. The molecule has 0 radical (unpaired) electrons. The summed E-state index contributed by atoms with van der Waals surface area (Å²) in [6.45, 7) is 0.369. The molecule has 1 heterocycles. The van der Waals surface area contributed by atoms with Gasteiger partial charge in [-0.3, -0.25) is 0 Å². The van der Waals surface area contributed by atoms with Crippen LogP contribution < -0.4 is 11.1 Å². The van der Waals surface area contributed by atoms with E-state index >= 15 is 0 Å². The summed E-state index contributed by atoms with van der Waals surface area (Å²) in [7, 11) is 0. The molecule has 78 valence electrons.